The summed E-state index contributed by atoms with van der Waals surface area (Å²) in [4.78, 5) is 26.2. The van der Waals surface area contributed by atoms with Crippen LogP contribution in [0.4, 0.5) is 4.79 Å². The van der Waals surface area contributed by atoms with Crippen LogP contribution in [0.15, 0.2) is 36.7 Å². The van der Waals surface area contributed by atoms with E-state index in [1.807, 2.05) is 6.07 Å². The maximum Gasteiger partial charge on any atom is 0.407 e. The SMILES string of the molecule is O=C(O)N1CCN(Cc2ccc(-c3cc4c(Cl)ncnc4[nH]3)cc2)CC1. The summed E-state index contributed by atoms with van der Waals surface area (Å²) < 4.78 is 0. The first-order valence-corrected chi connectivity index (χ1v) is 8.77. The Labute approximate surface area is 155 Å². The molecule has 1 aliphatic heterocycles. The second kappa shape index (κ2) is 6.93. The molecule has 3 aromatic rings. The van der Waals surface area contributed by atoms with Crippen LogP contribution in [0.2, 0.25) is 5.15 Å². The predicted molar refractivity (Wildman–Crippen MR) is 99.2 cm³/mol. The highest BCUT2D eigenvalue weighted by Crippen LogP contribution is 2.26. The van der Waals surface area contributed by atoms with Crippen LogP contribution in [0.3, 0.4) is 0 Å². The Hall–Kier alpha value is -2.64. The average molecular weight is 372 g/mol. The van der Waals surface area contributed by atoms with Gasteiger partial charge >= 0.3 is 6.09 Å². The minimum atomic E-state index is -0.836. The fraction of sp³-hybridized carbons (Fsp3) is 0.278. The minimum Gasteiger partial charge on any atom is -0.465 e. The number of amides is 1. The summed E-state index contributed by atoms with van der Waals surface area (Å²) in [5.41, 5.74) is 3.93. The topological polar surface area (TPSA) is 85.3 Å². The Morgan fingerprint density at radius 3 is 2.54 bits per heavy atom. The molecule has 0 spiro atoms. The lowest BCUT2D eigenvalue weighted by atomic mass is 10.1. The Morgan fingerprint density at radius 1 is 1.15 bits per heavy atom. The van der Waals surface area contributed by atoms with Crippen molar-refractivity contribution in [2.45, 2.75) is 6.54 Å². The van der Waals surface area contributed by atoms with Crippen molar-refractivity contribution in [3.63, 3.8) is 0 Å². The van der Waals surface area contributed by atoms with Gasteiger partial charge in [0.15, 0.2) is 0 Å². The summed E-state index contributed by atoms with van der Waals surface area (Å²) in [5, 5.41) is 10.3. The van der Waals surface area contributed by atoms with E-state index in [-0.39, 0.29) is 0 Å². The van der Waals surface area contributed by atoms with Crippen LogP contribution in [0.5, 0.6) is 0 Å². The van der Waals surface area contributed by atoms with Gasteiger partial charge in [-0.05, 0) is 17.2 Å². The van der Waals surface area contributed by atoms with Crippen LogP contribution >= 0.6 is 11.6 Å². The van der Waals surface area contributed by atoms with Crippen LogP contribution in [0, 0.1) is 0 Å². The van der Waals surface area contributed by atoms with Crippen molar-refractivity contribution in [3.8, 4) is 11.3 Å². The molecule has 1 fully saturated rings. The highest BCUT2D eigenvalue weighted by Gasteiger charge is 2.20. The summed E-state index contributed by atoms with van der Waals surface area (Å²) >= 11 is 6.10. The van der Waals surface area contributed by atoms with E-state index in [2.05, 4.69) is 44.1 Å². The number of aromatic amines is 1. The maximum atomic E-state index is 11.0. The Bertz CT molecular complexity index is 932. The summed E-state index contributed by atoms with van der Waals surface area (Å²) in [6.07, 6.45) is 0.607. The third-order valence-electron chi connectivity index (χ3n) is 4.69. The molecule has 1 saturated heterocycles. The molecule has 0 atom stereocenters. The molecule has 26 heavy (non-hydrogen) atoms. The fourth-order valence-electron chi connectivity index (χ4n) is 3.21. The van der Waals surface area contributed by atoms with Gasteiger partial charge in [0, 0.05) is 38.4 Å². The molecule has 1 amide bonds. The lowest BCUT2D eigenvalue weighted by Crippen LogP contribution is -2.47. The van der Waals surface area contributed by atoms with Crippen LogP contribution in [-0.4, -0.2) is 62.1 Å². The molecule has 134 valence electrons. The lowest BCUT2D eigenvalue weighted by molar-refractivity contribution is 0.103. The normalized spacial score (nSPS) is 15.5. The molecule has 2 N–H and O–H groups in total. The predicted octanol–water partition coefficient (Wildman–Crippen LogP) is 3.07. The van der Waals surface area contributed by atoms with E-state index in [0.29, 0.717) is 18.2 Å². The molecule has 3 heterocycles. The molecule has 0 unspecified atom stereocenters. The molecule has 1 aromatic carbocycles. The number of fused-ring (bicyclic) bond motifs is 1. The van der Waals surface area contributed by atoms with Crippen LogP contribution in [0.25, 0.3) is 22.3 Å². The van der Waals surface area contributed by atoms with Gasteiger partial charge in [0.1, 0.15) is 17.1 Å². The zero-order valence-corrected chi connectivity index (χ0v) is 14.8. The summed E-state index contributed by atoms with van der Waals surface area (Å²) in [6, 6.07) is 10.3. The Balaban J connectivity index is 1.45. The van der Waals surface area contributed by atoms with Gasteiger partial charge in [-0.2, -0.15) is 0 Å². The number of nitrogens with one attached hydrogen (secondary N) is 1. The second-order valence-corrected chi connectivity index (χ2v) is 6.71. The first-order valence-electron chi connectivity index (χ1n) is 8.39. The number of carbonyl (C=O) groups is 1. The first-order chi connectivity index (χ1) is 12.6. The van der Waals surface area contributed by atoms with E-state index in [9.17, 15) is 4.79 Å². The zero-order chi connectivity index (χ0) is 18.1. The van der Waals surface area contributed by atoms with Crippen LogP contribution in [0.1, 0.15) is 5.56 Å². The Morgan fingerprint density at radius 2 is 1.88 bits per heavy atom. The number of piperazine rings is 1. The molecule has 0 aliphatic carbocycles. The third-order valence-corrected chi connectivity index (χ3v) is 4.99. The number of nitrogens with zero attached hydrogens (tertiary/aromatic N) is 4. The molecule has 8 heteroatoms. The average Bonchev–Trinajstić information content (AvgIpc) is 3.08. The lowest BCUT2D eigenvalue weighted by Gasteiger charge is -2.33. The monoisotopic (exact) mass is 371 g/mol. The van der Waals surface area contributed by atoms with Crippen molar-refractivity contribution in [1.82, 2.24) is 24.8 Å². The zero-order valence-electron chi connectivity index (χ0n) is 14.0. The standard InChI is InChI=1S/C18H18ClN5O2/c19-16-14-9-15(22-17(14)21-11-20-16)13-3-1-12(2-4-13)10-23-5-7-24(8-6-23)18(25)26/h1-4,9,11H,5-8,10H2,(H,25,26)(H,20,21,22). The number of hydrogen-bond acceptors (Lipinski definition) is 4. The van der Waals surface area contributed by atoms with Crippen LogP contribution < -0.4 is 0 Å². The van der Waals surface area contributed by atoms with Crippen molar-refractivity contribution < 1.29 is 9.90 Å². The van der Waals surface area contributed by atoms with Gasteiger partial charge < -0.3 is 15.0 Å². The van der Waals surface area contributed by atoms with Gasteiger partial charge in [-0.3, -0.25) is 4.90 Å². The molecule has 4 rings (SSSR count). The van der Waals surface area contributed by atoms with E-state index in [1.165, 1.54) is 16.8 Å². The van der Waals surface area contributed by atoms with Crippen molar-refractivity contribution in [2.24, 2.45) is 0 Å². The van der Waals surface area contributed by atoms with Crippen molar-refractivity contribution in [2.75, 3.05) is 26.2 Å². The highest BCUT2D eigenvalue weighted by atomic mass is 35.5. The highest BCUT2D eigenvalue weighted by molar-refractivity contribution is 6.34. The summed E-state index contributed by atoms with van der Waals surface area (Å²) in [5.74, 6) is 0. The van der Waals surface area contributed by atoms with Crippen LogP contribution in [-0.2, 0) is 6.54 Å². The quantitative estimate of drug-likeness (QED) is 0.691. The largest absolute Gasteiger partial charge is 0.465 e. The molecule has 0 bridgehead atoms. The summed E-state index contributed by atoms with van der Waals surface area (Å²) in [7, 11) is 0. The van der Waals surface area contributed by atoms with E-state index in [1.54, 1.807) is 0 Å². The number of hydrogen-bond donors (Lipinski definition) is 2. The molecular formula is C18H18ClN5O2. The molecule has 7 nitrogen and oxygen atoms in total. The fourth-order valence-corrected chi connectivity index (χ4v) is 3.40. The van der Waals surface area contributed by atoms with E-state index >= 15 is 0 Å². The number of benzene rings is 1. The number of aromatic nitrogens is 3. The molecular weight excluding hydrogens is 354 g/mol. The number of rotatable bonds is 3. The summed E-state index contributed by atoms with van der Waals surface area (Å²) in [6.45, 7) is 3.45. The van der Waals surface area contributed by atoms with E-state index in [4.69, 9.17) is 16.7 Å². The molecule has 0 saturated carbocycles. The number of H-pyrrole nitrogens is 1. The van der Waals surface area contributed by atoms with Crippen molar-refractivity contribution in [1.29, 1.82) is 0 Å². The smallest absolute Gasteiger partial charge is 0.407 e. The number of halogens is 1. The minimum absolute atomic E-state index is 0.439. The van der Waals surface area contributed by atoms with Crippen molar-refractivity contribution >= 4 is 28.7 Å². The maximum absolute atomic E-state index is 11.0. The number of carboxylic acid groups (broad SMARTS) is 1. The van der Waals surface area contributed by atoms with E-state index < -0.39 is 6.09 Å². The first kappa shape index (κ1) is 16.8. The molecule has 2 aromatic heterocycles. The second-order valence-electron chi connectivity index (χ2n) is 6.35. The van der Waals surface area contributed by atoms with E-state index in [0.717, 1.165) is 41.9 Å². The third kappa shape index (κ3) is 3.36. The molecule has 0 radical (unpaired) electrons. The van der Waals surface area contributed by atoms with Gasteiger partial charge in [-0.1, -0.05) is 35.9 Å². The molecule has 1 aliphatic rings. The van der Waals surface area contributed by atoms with Gasteiger partial charge in [-0.15, -0.1) is 0 Å². The Kier molecular flexibility index (Phi) is 4.48. The van der Waals surface area contributed by atoms with Gasteiger partial charge in [0.2, 0.25) is 0 Å². The van der Waals surface area contributed by atoms with Gasteiger partial charge in [0.25, 0.3) is 0 Å². The van der Waals surface area contributed by atoms with Gasteiger partial charge in [-0.25, -0.2) is 14.8 Å². The van der Waals surface area contributed by atoms with Gasteiger partial charge in [0.05, 0.1) is 5.39 Å². The van der Waals surface area contributed by atoms with Crippen molar-refractivity contribution in [3.05, 3.63) is 47.4 Å².